The minimum absolute atomic E-state index is 0.0879. The van der Waals surface area contributed by atoms with E-state index in [1.54, 1.807) is 18.2 Å². The SMILES string of the molecule is N#Cc1ccc(N(Cc2ccccc2)[C@H]2CCN(S(=O)(=O)CCC(F)(F)F)C2)cc1Cl. The Morgan fingerprint density at radius 1 is 1.19 bits per heavy atom. The molecule has 5 nitrogen and oxygen atoms in total. The van der Waals surface area contributed by atoms with Crippen LogP contribution in [0.15, 0.2) is 48.5 Å². The number of nitriles is 1. The summed E-state index contributed by atoms with van der Waals surface area (Å²) in [5, 5.41) is 9.41. The summed E-state index contributed by atoms with van der Waals surface area (Å²) in [7, 11) is -4.02. The molecule has 0 amide bonds. The first kappa shape index (κ1) is 23.4. The lowest BCUT2D eigenvalue weighted by molar-refractivity contribution is -0.130. The summed E-state index contributed by atoms with van der Waals surface area (Å²) >= 11 is 6.21. The summed E-state index contributed by atoms with van der Waals surface area (Å²) in [6.07, 6.45) is -5.42. The van der Waals surface area contributed by atoms with E-state index in [1.165, 1.54) is 0 Å². The number of hydrogen-bond donors (Lipinski definition) is 0. The van der Waals surface area contributed by atoms with Gasteiger partial charge in [0.1, 0.15) is 6.07 Å². The maximum atomic E-state index is 12.5. The van der Waals surface area contributed by atoms with Gasteiger partial charge in [-0.3, -0.25) is 0 Å². The lowest BCUT2D eigenvalue weighted by atomic mass is 10.1. The van der Waals surface area contributed by atoms with Gasteiger partial charge in [0, 0.05) is 31.4 Å². The highest BCUT2D eigenvalue weighted by molar-refractivity contribution is 7.89. The van der Waals surface area contributed by atoms with Crippen LogP contribution in [0.3, 0.4) is 0 Å². The second-order valence-corrected chi connectivity index (χ2v) is 9.87. The highest BCUT2D eigenvalue weighted by atomic mass is 35.5. The van der Waals surface area contributed by atoms with Crippen molar-refractivity contribution in [3.63, 3.8) is 0 Å². The van der Waals surface area contributed by atoms with Gasteiger partial charge in [-0.15, -0.1) is 0 Å². The zero-order valence-electron chi connectivity index (χ0n) is 16.5. The van der Waals surface area contributed by atoms with Gasteiger partial charge in [0.15, 0.2) is 0 Å². The maximum absolute atomic E-state index is 12.5. The third-order valence-corrected chi connectivity index (χ3v) is 7.36. The molecule has 2 aromatic rings. The number of rotatable bonds is 7. The van der Waals surface area contributed by atoms with Crippen LogP contribution in [0.1, 0.15) is 24.0 Å². The third-order valence-electron chi connectivity index (χ3n) is 5.20. The Morgan fingerprint density at radius 2 is 1.90 bits per heavy atom. The van der Waals surface area contributed by atoms with Gasteiger partial charge < -0.3 is 4.90 Å². The number of anilines is 1. The third kappa shape index (κ3) is 6.12. The average Bonchev–Trinajstić information content (AvgIpc) is 3.22. The zero-order chi connectivity index (χ0) is 22.6. The second kappa shape index (κ2) is 9.47. The van der Waals surface area contributed by atoms with Gasteiger partial charge in [0.05, 0.1) is 22.8 Å². The van der Waals surface area contributed by atoms with Crippen molar-refractivity contribution < 1.29 is 21.6 Å². The maximum Gasteiger partial charge on any atom is 0.390 e. The minimum Gasteiger partial charge on any atom is -0.363 e. The van der Waals surface area contributed by atoms with E-state index in [9.17, 15) is 21.6 Å². The summed E-state index contributed by atoms with van der Waals surface area (Å²) in [6.45, 7) is 0.703. The molecule has 0 radical (unpaired) electrons. The molecule has 2 aromatic carbocycles. The molecule has 31 heavy (non-hydrogen) atoms. The predicted octanol–water partition coefficient (Wildman–Crippen LogP) is 4.57. The topological polar surface area (TPSA) is 64.4 Å². The van der Waals surface area contributed by atoms with Crippen molar-refractivity contribution in [1.29, 1.82) is 5.26 Å². The minimum atomic E-state index is -4.52. The van der Waals surface area contributed by atoms with Crippen molar-refractivity contribution in [3.05, 3.63) is 64.7 Å². The lowest BCUT2D eigenvalue weighted by Gasteiger charge is -2.32. The Kier molecular flexibility index (Phi) is 7.14. The van der Waals surface area contributed by atoms with Crippen LogP contribution in [0, 0.1) is 11.3 Å². The molecule has 0 aromatic heterocycles. The molecular weight excluding hydrogens is 451 g/mol. The molecule has 0 unspecified atom stereocenters. The van der Waals surface area contributed by atoms with Crippen LogP contribution < -0.4 is 4.90 Å². The quantitative estimate of drug-likeness (QED) is 0.593. The van der Waals surface area contributed by atoms with Gasteiger partial charge in [0.2, 0.25) is 10.0 Å². The Labute approximate surface area is 184 Å². The van der Waals surface area contributed by atoms with Crippen molar-refractivity contribution in [2.24, 2.45) is 0 Å². The fraction of sp³-hybridized carbons (Fsp3) is 0.381. The number of nitrogens with zero attached hydrogens (tertiary/aromatic N) is 3. The van der Waals surface area contributed by atoms with Crippen LogP contribution in [0.4, 0.5) is 18.9 Å². The first-order chi connectivity index (χ1) is 14.6. The molecule has 1 aliphatic rings. The van der Waals surface area contributed by atoms with E-state index < -0.39 is 28.4 Å². The molecule has 1 saturated heterocycles. The van der Waals surface area contributed by atoms with Gasteiger partial charge in [0.25, 0.3) is 0 Å². The van der Waals surface area contributed by atoms with E-state index in [4.69, 9.17) is 16.9 Å². The van der Waals surface area contributed by atoms with E-state index in [0.717, 1.165) is 9.87 Å². The van der Waals surface area contributed by atoms with E-state index in [2.05, 4.69) is 0 Å². The van der Waals surface area contributed by atoms with E-state index in [0.29, 0.717) is 24.2 Å². The largest absolute Gasteiger partial charge is 0.390 e. The van der Waals surface area contributed by atoms with Gasteiger partial charge in [-0.05, 0) is 30.2 Å². The fourth-order valence-electron chi connectivity index (χ4n) is 3.58. The molecule has 3 rings (SSSR count). The molecule has 166 valence electrons. The first-order valence-electron chi connectivity index (χ1n) is 9.64. The molecular formula is C21H21ClF3N3O2S. The molecule has 0 N–H and O–H groups in total. The zero-order valence-corrected chi connectivity index (χ0v) is 18.1. The molecule has 1 heterocycles. The molecule has 0 bridgehead atoms. The van der Waals surface area contributed by atoms with Crippen LogP contribution in [0.25, 0.3) is 0 Å². The van der Waals surface area contributed by atoms with Crippen molar-refractivity contribution >= 4 is 27.3 Å². The van der Waals surface area contributed by atoms with Crippen LogP contribution in [-0.4, -0.2) is 43.8 Å². The molecule has 10 heteroatoms. The summed E-state index contributed by atoms with van der Waals surface area (Å²) < 4.78 is 63.5. The van der Waals surface area contributed by atoms with Crippen molar-refractivity contribution in [1.82, 2.24) is 4.31 Å². The highest BCUT2D eigenvalue weighted by Crippen LogP contribution is 2.30. The predicted molar refractivity (Wildman–Crippen MR) is 113 cm³/mol. The monoisotopic (exact) mass is 471 g/mol. The number of benzene rings is 2. The van der Waals surface area contributed by atoms with E-state index in [-0.39, 0.29) is 24.2 Å². The van der Waals surface area contributed by atoms with Crippen LogP contribution >= 0.6 is 11.6 Å². The fourth-order valence-corrected chi connectivity index (χ4v) is 5.32. The second-order valence-electron chi connectivity index (χ2n) is 7.37. The van der Waals surface area contributed by atoms with Crippen LogP contribution in [-0.2, 0) is 16.6 Å². The van der Waals surface area contributed by atoms with Crippen molar-refractivity contribution in [2.45, 2.75) is 31.6 Å². The van der Waals surface area contributed by atoms with E-state index >= 15 is 0 Å². The summed E-state index contributed by atoms with van der Waals surface area (Å²) in [6, 6.07) is 16.3. The molecule has 0 saturated carbocycles. The Balaban J connectivity index is 1.83. The number of sulfonamides is 1. The standard InChI is InChI=1S/C21H21ClF3N3O2S/c22-20-12-18(7-6-17(20)13-26)28(14-16-4-2-1-3-5-16)19-8-10-27(15-19)31(29,30)11-9-21(23,24)25/h1-7,12,19H,8-11,14-15H2/t19-/m0/s1. The van der Waals surface area contributed by atoms with Crippen LogP contribution in [0.2, 0.25) is 5.02 Å². The Morgan fingerprint density at radius 3 is 2.52 bits per heavy atom. The first-order valence-corrected chi connectivity index (χ1v) is 11.6. The summed E-state index contributed by atoms with van der Waals surface area (Å²) in [5.41, 5.74) is 2.03. The summed E-state index contributed by atoms with van der Waals surface area (Å²) in [4.78, 5) is 1.99. The van der Waals surface area contributed by atoms with Crippen molar-refractivity contribution in [2.75, 3.05) is 23.7 Å². The highest BCUT2D eigenvalue weighted by Gasteiger charge is 2.37. The Bertz CT molecular complexity index is 1060. The van der Waals surface area contributed by atoms with Crippen molar-refractivity contribution in [3.8, 4) is 6.07 Å². The molecule has 0 spiro atoms. The van der Waals surface area contributed by atoms with Gasteiger partial charge in [-0.25, -0.2) is 8.42 Å². The van der Waals surface area contributed by atoms with E-state index in [1.807, 2.05) is 41.3 Å². The number of halogens is 4. The number of hydrogen-bond acceptors (Lipinski definition) is 4. The number of alkyl halides is 3. The van der Waals surface area contributed by atoms with Gasteiger partial charge in [-0.2, -0.15) is 22.7 Å². The van der Waals surface area contributed by atoms with Gasteiger partial charge >= 0.3 is 6.18 Å². The molecule has 0 aliphatic carbocycles. The lowest BCUT2D eigenvalue weighted by Crippen LogP contribution is -2.39. The van der Waals surface area contributed by atoms with Gasteiger partial charge in [-0.1, -0.05) is 41.9 Å². The average molecular weight is 472 g/mol. The molecule has 1 atom stereocenters. The van der Waals surface area contributed by atoms with Crippen LogP contribution in [0.5, 0.6) is 0 Å². The Hall–Kier alpha value is -2.28. The smallest absolute Gasteiger partial charge is 0.363 e. The summed E-state index contributed by atoms with van der Waals surface area (Å²) in [5.74, 6) is -0.954. The normalized spacial score (nSPS) is 17.5. The molecule has 1 aliphatic heterocycles. The molecule has 1 fully saturated rings.